The van der Waals surface area contributed by atoms with Gasteiger partial charge in [-0.1, -0.05) is 0 Å². The van der Waals surface area contributed by atoms with Crippen molar-refractivity contribution in [3.8, 4) is 0 Å². The molecule has 1 aromatic heterocycles. The molecule has 1 heterocycles. The van der Waals surface area contributed by atoms with Gasteiger partial charge in [-0.3, -0.25) is 0 Å². The van der Waals surface area contributed by atoms with E-state index in [9.17, 15) is 8.42 Å². The molecule has 0 amide bonds. The average molecular weight is 333 g/mol. The number of hydrogen-bond acceptors (Lipinski definition) is 5. The molecule has 0 aliphatic heterocycles. The van der Waals surface area contributed by atoms with E-state index in [0.717, 1.165) is 17.8 Å². The van der Waals surface area contributed by atoms with E-state index in [0.29, 0.717) is 32.0 Å². The van der Waals surface area contributed by atoms with Crippen molar-refractivity contribution in [1.29, 1.82) is 0 Å². The van der Waals surface area contributed by atoms with Crippen LogP contribution in [-0.4, -0.2) is 45.3 Å². The monoisotopic (exact) mass is 333 g/mol. The summed E-state index contributed by atoms with van der Waals surface area (Å²) in [4.78, 5) is 9.88. The van der Waals surface area contributed by atoms with E-state index < -0.39 is 10.0 Å². The first kappa shape index (κ1) is 17.9. The molecule has 0 bridgehead atoms. The minimum Gasteiger partial charge on any atom is -0.357 e. The first-order valence-corrected chi connectivity index (χ1v) is 9.49. The minimum absolute atomic E-state index is 0.414. The molecule has 120 valence electrons. The third-order valence-electron chi connectivity index (χ3n) is 2.40. The zero-order valence-corrected chi connectivity index (χ0v) is 14.3. The maximum atomic E-state index is 10.9. The predicted molar refractivity (Wildman–Crippen MR) is 87.1 cm³/mol. The maximum Gasteiger partial charge on any atom is 0.208 e. The van der Waals surface area contributed by atoms with Crippen molar-refractivity contribution in [2.45, 2.75) is 26.8 Å². The second-order valence-corrected chi connectivity index (χ2v) is 7.66. The molecular formula is C12H23N5O2S2. The third-order valence-corrected chi connectivity index (χ3v) is 4.02. The molecule has 7 nitrogen and oxygen atoms in total. The smallest absolute Gasteiger partial charge is 0.208 e. The Balaban J connectivity index is 2.35. The maximum absolute atomic E-state index is 10.9. The molecule has 0 aliphatic carbocycles. The van der Waals surface area contributed by atoms with Crippen molar-refractivity contribution in [3.05, 3.63) is 16.1 Å². The number of rotatable bonds is 8. The Kier molecular flexibility index (Phi) is 7.62. The Hall–Kier alpha value is -1.19. The molecule has 3 N–H and O–H groups in total. The average Bonchev–Trinajstić information content (AvgIpc) is 2.80. The zero-order chi connectivity index (χ0) is 15.7. The number of thiazole rings is 1. The van der Waals surface area contributed by atoms with Crippen molar-refractivity contribution < 1.29 is 8.42 Å². The molecule has 1 rings (SSSR count). The van der Waals surface area contributed by atoms with Crippen molar-refractivity contribution >= 4 is 27.3 Å². The molecule has 0 saturated heterocycles. The standard InChI is InChI=1S/C12H23N5O2S2/c1-4-13-12(14-6-5-7-17-21(3,18)19)16-9-11-15-8-10(2)20-11/h8,17H,4-7,9H2,1-3H3,(H2,13,14,16). The van der Waals surface area contributed by atoms with Gasteiger partial charge in [0.15, 0.2) is 5.96 Å². The summed E-state index contributed by atoms with van der Waals surface area (Å²) in [5.41, 5.74) is 0. The van der Waals surface area contributed by atoms with E-state index >= 15 is 0 Å². The molecule has 1 aromatic rings. The van der Waals surface area contributed by atoms with Crippen molar-refractivity contribution in [2.75, 3.05) is 25.9 Å². The van der Waals surface area contributed by atoms with Gasteiger partial charge in [0.05, 0.1) is 12.8 Å². The molecule has 0 aliphatic rings. The largest absolute Gasteiger partial charge is 0.357 e. The minimum atomic E-state index is -3.11. The molecule has 0 radical (unpaired) electrons. The molecule has 0 atom stereocenters. The van der Waals surface area contributed by atoms with E-state index in [1.54, 1.807) is 11.3 Å². The number of sulfonamides is 1. The lowest BCUT2D eigenvalue weighted by atomic mass is 10.4. The second-order valence-electron chi connectivity index (χ2n) is 4.51. The van der Waals surface area contributed by atoms with Gasteiger partial charge in [0.25, 0.3) is 0 Å². The summed E-state index contributed by atoms with van der Waals surface area (Å²) >= 11 is 1.63. The van der Waals surface area contributed by atoms with Crippen molar-refractivity contribution in [1.82, 2.24) is 20.3 Å². The van der Waals surface area contributed by atoms with E-state index in [1.807, 2.05) is 20.0 Å². The van der Waals surface area contributed by atoms with Crippen molar-refractivity contribution in [2.24, 2.45) is 4.99 Å². The van der Waals surface area contributed by atoms with E-state index in [2.05, 4.69) is 25.3 Å². The van der Waals surface area contributed by atoms with Gasteiger partial charge in [0.2, 0.25) is 10.0 Å². The topological polar surface area (TPSA) is 95.5 Å². The lowest BCUT2D eigenvalue weighted by molar-refractivity contribution is 0.584. The van der Waals surface area contributed by atoms with E-state index in [1.165, 1.54) is 4.88 Å². The van der Waals surface area contributed by atoms with Gasteiger partial charge in [-0.05, 0) is 20.3 Å². The molecule has 0 spiro atoms. The van der Waals surface area contributed by atoms with Crippen LogP contribution in [0.2, 0.25) is 0 Å². The van der Waals surface area contributed by atoms with Crippen LogP contribution in [0.15, 0.2) is 11.2 Å². The summed E-state index contributed by atoms with van der Waals surface area (Å²) in [5, 5.41) is 7.28. The SMILES string of the molecule is CCNC(=NCc1ncc(C)s1)NCCCNS(C)(=O)=O. The molecular weight excluding hydrogens is 310 g/mol. The van der Waals surface area contributed by atoms with Crippen LogP contribution in [0, 0.1) is 6.92 Å². The molecule has 0 fully saturated rings. The van der Waals surface area contributed by atoms with Gasteiger partial charge in [0, 0.05) is 30.7 Å². The Labute approximate surface area is 130 Å². The van der Waals surface area contributed by atoms with E-state index in [4.69, 9.17) is 0 Å². The fourth-order valence-electron chi connectivity index (χ4n) is 1.52. The summed E-state index contributed by atoms with van der Waals surface area (Å²) in [6.07, 6.45) is 3.68. The highest BCUT2D eigenvalue weighted by Gasteiger charge is 2.01. The van der Waals surface area contributed by atoms with Gasteiger partial charge in [-0.2, -0.15) is 0 Å². The number of aliphatic imine (C=N–C) groups is 1. The Morgan fingerprint density at radius 3 is 2.71 bits per heavy atom. The van der Waals surface area contributed by atoms with Crippen LogP contribution in [0.25, 0.3) is 0 Å². The highest BCUT2D eigenvalue weighted by atomic mass is 32.2. The van der Waals surface area contributed by atoms with Crippen LogP contribution in [0.4, 0.5) is 0 Å². The lowest BCUT2D eigenvalue weighted by Gasteiger charge is -2.10. The number of aromatic nitrogens is 1. The van der Waals surface area contributed by atoms with Gasteiger partial charge in [-0.15, -0.1) is 11.3 Å². The fourth-order valence-corrected chi connectivity index (χ4v) is 2.74. The van der Waals surface area contributed by atoms with Crippen LogP contribution in [-0.2, 0) is 16.6 Å². The third kappa shape index (κ3) is 8.64. The van der Waals surface area contributed by atoms with Gasteiger partial charge in [0.1, 0.15) is 5.01 Å². The Morgan fingerprint density at radius 1 is 1.38 bits per heavy atom. The normalized spacial score (nSPS) is 12.4. The summed E-state index contributed by atoms with van der Waals surface area (Å²) in [6, 6.07) is 0. The van der Waals surface area contributed by atoms with Gasteiger partial charge >= 0.3 is 0 Å². The lowest BCUT2D eigenvalue weighted by Crippen LogP contribution is -2.38. The summed E-state index contributed by atoms with van der Waals surface area (Å²) in [7, 11) is -3.11. The summed E-state index contributed by atoms with van der Waals surface area (Å²) in [6.45, 7) is 6.38. The quantitative estimate of drug-likeness (QED) is 0.365. The number of nitrogens with zero attached hydrogens (tertiary/aromatic N) is 2. The van der Waals surface area contributed by atoms with Crippen LogP contribution in [0.1, 0.15) is 23.2 Å². The van der Waals surface area contributed by atoms with Gasteiger partial charge in [-0.25, -0.2) is 23.1 Å². The first-order valence-electron chi connectivity index (χ1n) is 6.79. The Bertz CT molecular complexity index is 554. The molecule has 0 unspecified atom stereocenters. The highest BCUT2D eigenvalue weighted by molar-refractivity contribution is 7.88. The highest BCUT2D eigenvalue weighted by Crippen LogP contribution is 2.11. The number of guanidine groups is 1. The number of hydrogen-bond donors (Lipinski definition) is 3. The zero-order valence-electron chi connectivity index (χ0n) is 12.6. The molecule has 0 saturated carbocycles. The molecule has 21 heavy (non-hydrogen) atoms. The summed E-state index contributed by atoms with van der Waals surface area (Å²) in [5.74, 6) is 0.713. The van der Waals surface area contributed by atoms with Crippen LogP contribution in [0.3, 0.4) is 0 Å². The van der Waals surface area contributed by atoms with Crippen LogP contribution < -0.4 is 15.4 Å². The number of nitrogens with one attached hydrogen (secondary N) is 3. The molecule has 0 aromatic carbocycles. The van der Waals surface area contributed by atoms with E-state index in [-0.39, 0.29) is 0 Å². The molecule has 9 heteroatoms. The second kappa shape index (κ2) is 8.96. The fraction of sp³-hybridized carbons (Fsp3) is 0.667. The van der Waals surface area contributed by atoms with Gasteiger partial charge < -0.3 is 10.6 Å². The first-order chi connectivity index (χ1) is 9.90. The van der Waals surface area contributed by atoms with Crippen LogP contribution >= 0.6 is 11.3 Å². The Morgan fingerprint density at radius 2 is 2.14 bits per heavy atom. The summed E-state index contributed by atoms with van der Waals surface area (Å²) < 4.78 is 24.3. The predicted octanol–water partition coefficient (Wildman–Crippen LogP) is 0.446. The number of aryl methyl sites for hydroxylation is 1. The van der Waals surface area contributed by atoms with Crippen molar-refractivity contribution in [3.63, 3.8) is 0 Å². The van der Waals surface area contributed by atoms with Crippen LogP contribution in [0.5, 0.6) is 0 Å².